The third-order valence-corrected chi connectivity index (χ3v) is 5.56. The van der Waals surface area contributed by atoms with Crippen molar-refractivity contribution in [2.45, 2.75) is 12.5 Å². The molecule has 0 bridgehead atoms. The summed E-state index contributed by atoms with van der Waals surface area (Å²) in [5, 5.41) is 5.93. The van der Waals surface area contributed by atoms with Crippen LogP contribution in [0.15, 0.2) is 53.5 Å². The minimum atomic E-state index is -0.656. The Morgan fingerprint density at radius 2 is 1.77 bits per heavy atom. The number of nitrogens with zero attached hydrogens (tertiary/aromatic N) is 3. The van der Waals surface area contributed by atoms with Crippen LogP contribution in [0.25, 0.3) is 0 Å². The number of benzene rings is 2. The first-order chi connectivity index (χ1) is 15.2. The van der Waals surface area contributed by atoms with Crippen LogP contribution in [0.5, 0.6) is 11.5 Å². The molecule has 9 heteroatoms. The van der Waals surface area contributed by atoms with Crippen LogP contribution in [-0.2, 0) is 9.59 Å². The van der Waals surface area contributed by atoms with Crippen LogP contribution < -0.4 is 25.0 Å². The Balaban J connectivity index is 1.13. The highest BCUT2D eigenvalue weighted by Crippen LogP contribution is 2.34. The number of piperazine rings is 1. The van der Waals surface area contributed by atoms with Gasteiger partial charge in [0.25, 0.3) is 5.91 Å². The number of hydrogen-bond acceptors (Lipinski definition) is 7. The smallest absolute Gasteiger partial charge is 0.271 e. The highest BCUT2D eigenvalue weighted by Gasteiger charge is 2.32. The summed E-state index contributed by atoms with van der Waals surface area (Å²) in [5.74, 6) is 1.21. The molecule has 1 saturated heterocycles. The van der Waals surface area contributed by atoms with E-state index >= 15 is 0 Å². The SMILES string of the molecule is O=C(CC1NC(N2CCN(c3ccccc3)CC2)=NC1=O)Nc1ccc2c(c1)OCO2. The van der Waals surface area contributed by atoms with Crippen molar-refractivity contribution < 1.29 is 19.1 Å². The number of carbonyl (C=O) groups is 2. The first kappa shape index (κ1) is 19.2. The topological polar surface area (TPSA) is 95.5 Å². The first-order valence-electron chi connectivity index (χ1n) is 10.3. The summed E-state index contributed by atoms with van der Waals surface area (Å²) in [4.78, 5) is 33.3. The third-order valence-electron chi connectivity index (χ3n) is 5.56. The van der Waals surface area contributed by atoms with Crippen molar-refractivity contribution >= 4 is 29.1 Å². The average molecular weight is 421 g/mol. The fourth-order valence-corrected chi connectivity index (χ4v) is 3.92. The second-order valence-electron chi connectivity index (χ2n) is 7.60. The Kier molecular flexibility index (Phi) is 5.07. The van der Waals surface area contributed by atoms with Crippen LogP contribution in [0.2, 0.25) is 0 Å². The predicted molar refractivity (Wildman–Crippen MR) is 115 cm³/mol. The summed E-state index contributed by atoms with van der Waals surface area (Å²) in [7, 11) is 0. The molecule has 2 aromatic carbocycles. The number of anilines is 2. The van der Waals surface area contributed by atoms with Gasteiger partial charge in [-0.05, 0) is 24.3 Å². The van der Waals surface area contributed by atoms with Crippen LogP contribution >= 0.6 is 0 Å². The number of carbonyl (C=O) groups excluding carboxylic acids is 2. The molecular formula is C22H23N5O4. The van der Waals surface area contributed by atoms with Crippen LogP contribution in [0.1, 0.15) is 6.42 Å². The zero-order valence-electron chi connectivity index (χ0n) is 16.9. The standard InChI is InChI=1S/C22H23N5O4/c28-20(23-15-6-7-18-19(12-15)31-14-30-18)13-17-21(29)25-22(24-17)27-10-8-26(9-11-27)16-4-2-1-3-5-16/h1-7,12,17H,8-11,13-14H2,(H,23,28)(H,24,25,29). The molecule has 1 fully saturated rings. The van der Waals surface area contributed by atoms with E-state index < -0.39 is 6.04 Å². The fraction of sp³-hybridized carbons (Fsp3) is 0.318. The number of aliphatic imine (C=N–C) groups is 1. The number of nitrogens with one attached hydrogen (secondary N) is 2. The van der Waals surface area contributed by atoms with Crippen molar-refractivity contribution in [3.63, 3.8) is 0 Å². The van der Waals surface area contributed by atoms with Crippen LogP contribution in [0.3, 0.4) is 0 Å². The second kappa shape index (κ2) is 8.17. The quantitative estimate of drug-likeness (QED) is 0.771. The normalized spacial score (nSPS) is 19.8. The maximum absolute atomic E-state index is 12.5. The van der Waals surface area contributed by atoms with Crippen LogP contribution in [0, 0.1) is 0 Å². The second-order valence-corrected chi connectivity index (χ2v) is 7.60. The summed E-state index contributed by atoms with van der Waals surface area (Å²) in [6.07, 6.45) is 0.00422. The Morgan fingerprint density at radius 3 is 2.58 bits per heavy atom. The molecule has 0 aliphatic carbocycles. The lowest BCUT2D eigenvalue weighted by atomic mass is 10.2. The molecule has 3 aliphatic heterocycles. The number of ether oxygens (including phenoxy) is 2. The van der Waals surface area contributed by atoms with Gasteiger partial charge in [-0.2, -0.15) is 4.99 Å². The third kappa shape index (κ3) is 4.11. The van der Waals surface area contributed by atoms with Gasteiger partial charge in [-0.25, -0.2) is 0 Å². The summed E-state index contributed by atoms with van der Waals surface area (Å²) >= 11 is 0. The Hall–Kier alpha value is -3.75. The number of rotatable bonds is 4. The molecule has 2 amide bonds. The van der Waals surface area contributed by atoms with Crippen molar-refractivity contribution in [1.29, 1.82) is 0 Å². The van der Waals surface area contributed by atoms with Gasteiger partial charge in [0, 0.05) is 43.6 Å². The van der Waals surface area contributed by atoms with E-state index in [0.29, 0.717) is 23.1 Å². The molecule has 0 radical (unpaired) electrons. The highest BCUT2D eigenvalue weighted by molar-refractivity contribution is 6.05. The molecule has 0 saturated carbocycles. The first-order valence-corrected chi connectivity index (χ1v) is 10.3. The number of amides is 2. The van der Waals surface area contributed by atoms with Crippen molar-refractivity contribution in [2.75, 3.05) is 43.2 Å². The Labute approximate surface area is 179 Å². The summed E-state index contributed by atoms with van der Waals surface area (Å²) < 4.78 is 10.6. The molecular weight excluding hydrogens is 398 g/mol. The molecule has 1 atom stereocenters. The lowest BCUT2D eigenvalue weighted by molar-refractivity contribution is -0.123. The average Bonchev–Trinajstić information content (AvgIpc) is 3.41. The summed E-state index contributed by atoms with van der Waals surface area (Å²) in [6.45, 7) is 3.36. The molecule has 0 aromatic heterocycles. The molecule has 9 nitrogen and oxygen atoms in total. The van der Waals surface area contributed by atoms with E-state index in [2.05, 4.69) is 37.6 Å². The molecule has 3 aliphatic rings. The van der Waals surface area contributed by atoms with Gasteiger partial charge < -0.3 is 29.9 Å². The predicted octanol–water partition coefficient (Wildman–Crippen LogP) is 1.42. The van der Waals surface area contributed by atoms with E-state index in [0.717, 1.165) is 26.2 Å². The van der Waals surface area contributed by atoms with E-state index in [-0.39, 0.29) is 25.0 Å². The van der Waals surface area contributed by atoms with E-state index in [1.165, 1.54) is 5.69 Å². The zero-order chi connectivity index (χ0) is 21.2. The Morgan fingerprint density at radius 1 is 1.03 bits per heavy atom. The summed E-state index contributed by atoms with van der Waals surface area (Å²) in [5.41, 5.74) is 1.79. The van der Waals surface area contributed by atoms with Crippen molar-refractivity contribution in [2.24, 2.45) is 4.99 Å². The van der Waals surface area contributed by atoms with Gasteiger partial charge in [0.1, 0.15) is 6.04 Å². The van der Waals surface area contributed by atoms with E-state index in [9.17, 15) is 9.59 Å². The molecule has 31 heavy (non-hydrogen) atoms. The van der Waals surface area contributed by atoms with Gasteiger partial charge in [-0.15, -0.1) is 0 Å². The van der Waals surface area contributed by atoms with Crippen molar-refractivity contribution in [1.82, 2.24) is 10.2 Å². The fourth-order valence-electron chi connectivity index (χ4n) is 3.92. The van der Waals surface area contributed by atoms with Gasteiger partial charge in [0.05, 0.1) is 6.42 Å². The highest BCUT2D eigenvalue weighted by atomic mass is 16.7. The van der Waals surface area contributed by atoms with Gasteiger partial charge in [0.15, 0.2) is 11.5 Å². The molecule has 3 heterocycles. The van der Waals surface area contributed by atoms with E-state index in [4.69, 9.17) is 9.47 Å². The molecule has 160 valence electrons. The maximum Gasteiger partial charge on any atom is 0.271 e. The molecule has 1 unspecified atom stereocenters. The van der Waals surface area contributed by atoms with Crippen LogP contribution in [-0.4, -0.2) is 61.7 Å². The molecule has 2 aromatic rings. The van der Waals surface area contributed by atoms with Crippen LogP contribution in [0.4, 0.5) is 11.4 Å². The van der Waals surface area contributed by atoms with Gasteiger partial charge >= 0.3 is 0 Å². The monoisotopic (exact) mass is 421 g/mol. The molecule has 5 rings (SSSR count). The maximum atomic E-state index is 12.5. The van der Waals surface area contributed by atoms with E-state index in [1.807, 2.05) is 18.2 Å². The number of para-hydroxylation sites is 1. The number of fused-ring (bicyclic) bond motifs is 1. The number of hydrogen-bond donors (Lipinski definition) is 2. The molecule has 2 N–H and O–H groups in total. The lowest BCUT2D eigenvalue weighted by Crippen LogP contribution is -2.52. The number of guanidine groups is 1. The van der Waals surface area contributed by atoms with Gasteiger partial charge in [-0.1, -0.05) is 18.2 Å². The molecule has 0 spiro atoms. The van der Waals surface area contributed by atoms with Crippen molar-refractivity contribution in [3.8, 4) is 11.5 Å². The van der Waals surface area contributed by atoms with Gasteiger partial charge in [-0.3, -0.25) is 9.59 Å². The minimum absolute atomic E-state index is 0.00422. The zero-order valence-corrected chi connectivity index (χ0v) is 16.9. The largest absolute Gasteiger partial charge is 0.454 e. The Bertz CT molecular complexity index is 1020. The van der Waals surface area contributed by atoms with Gasteiger partial charge in [0.2, 0.25) is 18.7 Å². The summed E-state index contributed by atoms with van der Waals surface area (Å²) in [6, 6.07) is 14.8. The minimum Gasteiger partial charge on any atom is -0.454 e. The van der Waals surface area contributed by atoms with Crippen molar-refractivity contribution in [3.05, 3.63) is 48.5 Å². The lowest BCUT2D eigenvalue weighted by Gasteiger charge is -2.37. The van der Waals surface area contributed by atoms with E-state index in [1.54, 1.807) is 18.2 Å².